The Morgan fingerprint density at radius 1 is 1.05 bits per heavy atom. The molecule has 0 saturated carbocycles. The number of hydrogen-bond donors (Lipinski definition) is 0. The lowest BCUT2D eigenvalue weighted by molar-refractivity contribution is -0.156. The zero-order valence-corrected chi connectivity index (χ0v) is 12.0. The van der Waals surface area contributed by atoms with E-state index in [2.05, 4.69) is 0 Å². The summed E-state index contributed by atoms with van der Waals surface area (Å²) in [4.78, 5) is 48.3. The fourth-order valence-corrected chi connectivity index (χ4v) is 2.02. The molecule has 2 rings (SSSR count). The molecule has 1 aliphatic heterocycles. The van der Waals surface area contributed by atoms with Crippen molar-refractivity contribution < 1.29 is 23.9 Å². The largest absolute Gasteiger partial charge is 0.453 e. The third-order valence-electron chi connectivity index (χ3n) is 3.42. The summed E-state index contributed by atoms with van der Waals surface area (Å²) in [7, 11) is 0. The van der Waals surface area contributed by atoms with Gasteiger partial charge in [-0.05, 0) is 32.9 Å². The average Bonchev–Trinajstić information content (AvgIpc) is 2.70. The van der Waals surface area contributed by atoms with Crippen LogP contribution in [0.1, 0.15) is 41.5 Å². The minimum Gasteiger partial charge on any atom is -0.453 e. The number of carbonyl (C=O) groups excluding carboxylic acids is 4. The van der Waals surface area contributed by atoms with Gasteiger partial charge in [0.25, 0.3) is 11.8 Å². The van der Waals surface area contributed by atoms with Crippen molar-refractivity contribution in [2.24, 2.45) is 0 Å². The molecule has 0 spiro atoms. The summed E-state index contributed by atoms with van der Waals surface area (Å²) in [6.45, 7) is 4.14. The number of hydrogen-bond acceptors (Lipinski definition) is 5. The highest BCUT2D eigenvalue weighted by Gasteiger charge is 2.41. The quantitative estimate of drug-likeness (QED) is 0.614. The van der Waals surface area contributed by atoms with Crippen LogP contribution < -0.4 is 0 Å². The number of nitrogens with zero attached hydrogens (tertiary/aromatic N) is 1. The molecule has 1 heterocycles. The van der Waals surface area contributed by atoms with Gasteiger partial charge in [0.1, 0.15) is 6.04 Å². The molecule has 0 aromatic heterocycles. The van der Waals surface area contributed by atoms with E-state index in [1.54, 1.807) is 12.1 Å². The van der Waals surface area contributed by atoms with E-state index in [0.717, 1.165) is 4.90 Å². The highest BCUT2D eigenvalue weighted by atomic mass is 16.5. The van der Waals surface area contributed by atoms with Gasteiger partial charge < -0.3 is 4.74 Å². The van der Waals surface area contributed by atoms with Crippen molar-refractivity contribution in [3.63, 3.8) is 0 Å². The maximum Gasteiger partial charge on any atom is 0.329 e. The van der Waals surface area contributed by atoms with Gasteiger partial charge in [0, 0.05) is 0 Å². The van der Waals surface area contributed by atoms with Crippen molar-refractivity contribution in [2.45, 2.75) is 32.9 Å². The Morgan fingerprint density at radius 2 is 1.52 bits per heavy atom. The van der Waals surface area contributed by atoms with Crippen molar-refractivity contribution in [1.82, 2.24) is 4.90 Å². The van der Waals surface area contributed by atoms with Gasteiger partial charge >= 0.3 is 5.97 Å². The van der Waals surface area contributed by atoms with Gasteiger partial charge in [-0.3, -0.25) is 19.3 Å². The van der Waals surface area contributed by atoms with E-state index < -0.39 is 29.9 Å². The lowest BCUT2D eigenvalue weighted by Gasteiger charge is -2.22. The second-order valence-corrected chi connectivity index (χ2v) is 4.89. The van der Waals surface area contributed by atoms with E-state index in [9.17, 15) is 19.2 Å². The molecule has 6 heteroatoms. The van der Waals surface area contributed by atoms with E-state index in [1.165, 1.54) is 32.9 Å². The maximum absolute atomic E-state index is 12.2. The van der Waals surface area contributed by atoms with Crippen LogP contribution in [0.5, 0.6) is 0 Å². The first-order chi connectivity index (χ1) is 9.84. The molecule has 0 saturated heterocycles. The third-order valence-corrected chi connectivity index (χ3v) is 3.42. The van der Waals surface area contributed by atoms with Crippen LogP contribution in [0.25, 0.3) is 0 Å². The van der Waals surface area contributed by atoms with Crippen LogP contribution in [0.3, 0.4) is 0 Å². The van der Waals surface area contributed by atoms with Crippen LogP contribution in [0.2, 0.25) is 0 Å². The summed E-state index contributed by atoms with van der Waals surface area (Å²) in [6.07, 6.45) is -0.907. The number of fused-ring (bicyclic) bond motifs is 1. The van der Waals surface area contributed by atoms with Gasteiger partial charge in [-0.1, -0.05) is 12.1 Å². The Bertz CT molecular complexity index is 602. The van der Waals surface area contributed by atoms with Crippen molar-refractivity contribution in [3.05, 3.63) is 35.4 Å². The molecular weight excluding hydrogens is 274 g/mol. The number of ketones is 1. The topological polar surface area (TPSA) is 80.8 Å². The standard InChI is InChI=1S/C15H15NO5/c1-8(15(20)21-10(3)9(2)17)16-13(18)11-6-4-5-7-12(11)14(16)19/h4-8,10H,1-3H3. The number of esters is 1. The van der Waals surface area contributed by atoms with Gasteiger partial charge in [0.15, 0.2) is 11.9 Å². The fourth-order valence-electron chi connectivity index (χ4n) is 2.02. The minimum atomic E-state index is -1.08. The van der Waals surface area contributed by atoms with E-state index in [1.807, 2.05) is 0 Å². The Balaban J connectivity index is 2.20. The first-order valence-corrected chi connectivity index (χ1v) is 6.52. The predicted molar refractivity (Wildman–Crippen MR) is 72.6 cm³/mol. The van der Waals surface area contributed by atoms with Crippen molar-refractivity contribution in [2.75, 3.05) is 0 Å². The van der Waals surface area contributed by atoms with Gasteiger partial charge in [-0.15, -0.1) is 0 Å². The summed E-state index contributed by atoms with van der Waals surface area (Å²) < 4.78 is 4.95. The first kappa shape index (κ1) is 14.9. The summed E-state index contributed by atoms with van der Waals surface area (Å²) in [5.74, 6) is -2.16. The third kappa shape index (κ3) is 2.56. The summed E-state index contributed by atoms with van der Waals surface area (Å²) in [5, 5.41) is 0. The van der Waals surface area contributed by atoms with E-state index >= 15 is 0 Å². The van der Waals surface area contributed by atoms with E-state index in [0.29, 0.717) is 0 Å². The zero-order valence-electron chi connectivity index (χ0n) is 12.0. The van der Waals surface area contributed by atoms with Crippen LogP contribution in [0, 0.1) is 0 Å². The number of Topliss-reactive ketones (excluding diaryl/α,β-unsaturated/α-hetero) is 1. The predicted octanol–water partition coefficient (Wildman–Crippen LogP) is 1.19. The van der Waals surface area contributed by atoms with Crippen LogP contribution in [-0.4, -0.2) is 40.6 Å². The number of carbonyl (C=O) groups is 4. The Hall–Kier alpha value is -2.50. The molecule has 21 heavy (non-hydrogen) atoms. The summed E-state index contributed by atoms with van der Waals surface area (Å²) in [5.41, 5.74) is 0.531. The molecule has 2 atom stereocenters. The molecular formula is C15H15NO5. The number of benzene rings is 1. The van der Waals surface area contributed by atoms with Crippen LogP contribution in [-0.2, 0) is 14.3 Å². The first-order valence-electron chi connectivity index (χ1n) is 6.52. The number of ether oxygens (including phenoxy) is 1. The van der Waals surface area contributed by atoms with E-state index in [4.69, 9.17) is 4.74 Å². The SMILES string of the molecule is CC(=O)C(C)OC(=O)C(C)N1C(=O)c2ccccc2C1=O. The van der Waals surface area contributed by atoms with Gasteiger partial charge in [0.2, 0.25) is 0 Å². The fraction of sp³-hybridized carbons (Fsp3) is 0.333. The molecule has 0 fully saturated rings. The van der Waals surface area contributed by atoms with Crippen LogP contribution in [0.4, 0.5) is 0 Å². The molecule has 2 amide bonds. The molecule has 110 valence electrons. The molecule has 2 unspecified atom stereocenters. The molecule has 0 N–H and O–H groups in total. The molecule has 0 bridgehead atoms. The molecule has 0 radical (unpaired) electrons. The number of amides is 2. The Morgan fingerprint density at radius 3 is 1.95 bits per heavy atom. The molecule has 0 aliphatic carbocycles. The second-order valence-electron chi connectivity index (χ2n) is 4.89. The van der Waals surface area contributed by atoms with Crippen molar-refractivity contribution in [3.8, 4) is 0 Å². The molecule has 6 nitrogen and oxygen atoms in total. The van der Waals surface area contributed by atoms with Gasteiger partial charge in [-0.2, -0.15) is 0 Å². The molecule has 1 aromatic carbocycles. The average molecular weight is 289 g/mol. The summed E-state index contributed by atoms with van der Waals surface area (Å²) in [6, 6.07) is 5.28. The van der Waals surface area contributed by atoms with Crippen LogP contribution in [0.15, 0.2) is 24.3 Å². The molecule has 1 aromatic rings. The minimum absolute atomic E-state index is 0.266. The Labute approximate surface area is 121 Å². The smallest absolute Gasteiger partial charge is 0.329 e. The normalized spacial score (nSPS) is 16.4. The zero-order chi connectivity index (χ0) is 15.7. The lowest BCUT2D eigenvalue weighted by atomic mass is 10.1. The summed E-state index contributed by atoms with van der Waals surface area (Å²) >= 11 is 0. The second kappa shape index (κ2) is 5.47. The molecule has 1 aliphatic rings. The lowest BCUT2D eigenvalue weighted by Crippen LogP contribution is -2.45. The van der Waals surface area contributed by atoms with Crippen LogP contribution >= 0.6 is 0 Å². The van der Waals surface area contributed by atoms with E-state index in [-0.39, 0.29) is 16.9 Å². The highest BCUT2D eigenvalue weighted by Crippen LogP contribution is 2.24. The van der Waals surface area contributed by atoms with Gasteiger partial charge in [0.05, 0.1) is 11.1 Å². The Kier molecular flexibility index (Phi) is 3.88. The number of rotatable bonds is 4. The van der Waals surface area contributed by atoms with Crippen molar-refractivity contribution in [1.29, 1.82) is 0 Å². The number of imide groups is 1. The maximum atomic E-state index is 12.2. The highest BCUT2D eigenvalue weighted by molar-refractivity contribution is 6.22. The van der Waals surface area contributed by atoms with Gasteiger partial charge in [-0.25, -0.2) is 4.79 Å². The monoisotopic (exact) mass is 289 g/mol. The van der Waals surface area contributed by atoms with Crippen molar-refractivity contribution >= 4 is 23.6 Å².